The van der Waals surface area contributed by atoms with Crippen molar-refractivity contribution in [1.29, 1.82) is 5.41 Å². The Labute approximate surface area is 92.8 Å². The lowest BCUT2D eigenvalue weighted by Gasteiger charge is -1.99. The summed E-state index contributed by atoms with van der Waals surface area (Å²) < 4.78 is 0. The van der Waals surface area contributed by atoms with Crippen LogP contribution in [0, 0.1) is 5.41 Å². The highest BCUT2D eigenvalue weighted by Crippen LogP contribution is 2.19. The third-order valence-corrected chi connectivity index (χ3v) is 2.52. The first-order valence-electron chi connectivity index (χ1n) is 3.40. The summed E-state index contributed by atoms with van der Waals surface area (Å²) in [6.45, 7) is 0. The fourth-order valence-electron chi connectivity index (χ4n) is 0.692. The summed E-state index contributed by atoms with van der Waals surface area (Å²) in [4.78, 5) is 1.08. The Morgan fingerprint density at radius 2 is 1.92 bits per heavy atom. The van der Waals surface area contributed by atoms with E-state index in [0.717, 1.165) is 9.92 Å². The maximum Gasteiger partial charge on any atom is 0.101 e. The molecule has 0 amide bonds. The largest absolute Gasteiger partial charge is 0.387 e. The molecule has 72 valence electrons. The molecular formula is C8H10Cl2N2S. The van der Waals surface area contributed by atoms with Crippen LogP contribution in [-0.2, 0) is 0 Å². The molecule has 1 rings (SSSR count). The van der Waals surface area contributed by atoms with Gasteiger partial charge < -0.3 is 5.73 Å². The van der Waals surface area contributed by atoms with E-state index in [-0.39, 0.29) is 18.2 Å². The summed E-state index contributed by atoms with van der Waals surface area (Å²) in [6, 6.07) is 7.47. The highest BCUT2D eigenvalue weighted by molar-refractivity contribution is 8.00. The maximum atomic E-state index is 7.02. The molecule has 0 unspecified atom stereocenters. The smallest absolute Gasteiger partial charge is 0.101 e. The fourth-order valence-corrected chi connectivity index (χ4v) is 1.47. The van der Waals surface area contributed by atoms with Crippen LogP contribution in [-0.4, -0.2) is 11.6 Å². The highest BCUT2D eigenvalue weighted by atomic mass is 35.5. The molecule has 1 aromatic carbocycles. The van der Waals surface area contributed by atoms with Gasteiger partial charge in [0.05, 0.1) is 5.75 Å². The Morgan fingerprint density at radius 1 is 1.38 bits per heavy atom. The van der Waals surface area contributed by atoms with E-state index >= 15 is 0 Å². The zero-order valence-corrected chi connectivity index (χ0v) is 9.18. The molecule has 0 heterocycles. The van der Waals surface area contributed by atoms with E-state index < -0.39 is 0 Å². The van der Waals surface area contributed by atoms with Crippen molar-refractivity contribution in [3.63, 3.8) is 0 Å². The standard InChI is InChI=1S/C8H9ClN2S.ClH/c9-6-1-3-7(4-2-6)12-5-8(10)11;/h1-4H,5H2,(H3,10,11);1H. The molecule has 0 radical (unpaired) electrons. The Hall–Kier alpha value is -0.380. The molecule has 0 bridgehead atoms. The van der Waals surface area contributed by atoms with Crippen LogP contribution in [0.3, 0.4) is 0 Å². The second-order valence-electron chi connectivity index (χ2n) is 2.27. The Kier molecular flexibility index (Phi) is 5.95. The second kappa shape index (κ2) is 6.13. The second-order valence-corrected chi connectivity index (χ2v) is 3.75. The molecule has 3 N–H and O–H groups in total. The average Bonchev–Trinajstić information content (AvgIpc) is 2.03. The van der Waals surface area contributed by atoms with Crippen molar-refractivity contribution >= 4 is 41.6 Å². The van der Waals surface area contributed by atoms with E-state index in [1.54, 1.807) is 0 Å². The summed E-state index contributed by atoms with van der Waals surface area (Å²) >= 11 is 7.23. The van der Waals surface area contributed by atoms with Crippen molar-refractivity contribution in [1.82, 2.24) is 0 Å². The molecule has 2 nitrogen and oxygen atoms in total. The van der Waals surface area contributed by atoms with Crippen LogP contribution in [0.2, 0.25) is 5.02 Å². The number of thioether (sulfide) groups is 1. The lowest BCUT2D eigenvalue weighted by Crippen LogP contribution is -2.11. The molecule has 0 aromatic heterocycles. The van der Waals surface area contributed by atoms with Gasteiger partial charge in [0.2, 0.25) is 0 Å². The molecule has 0 aliphatic carbocycles. The fraction of sp³-hybridized carbons (Fsp3) is 0.125. The summed E-state index contributed by atoms with van der Waals surface area (Å²) in [7, 11) is 0. The van der Waals surface area contributed by atoms with E-state index in [9.17, 15) is 0 Å². The summed E-state index contributed by atoms with van der Waals surface area (Å²) in [6.07, 6.45) is 0. The van der Waals surface area contributed by atoms with Crippen molar-refractivity contribution in [2.75, 3.05) is 5.75 Å². The zero-order valence-electron chi connectivity index (χ0n) is 6.79. The van der Waals surface area contributed by atoms with Gasteiger partial charge in [0, 0.05) is 9.92 Å². The number of rotatable bonds is 3. The number of halogens is 2. The molecule has 0 aliphatic rings. The molecule has 0 spiro atoms. The van der Waals surface area contributed by atoms with Gasteiger partial charge in [-0.15, -0.1) is 24.2 Å². The Bertz CT molecular complexity index is 274. The predicted molar refractivity (Wildman–Crippen MR) is 61.3 cm³/mol. The third-order valence-electron chi connectivity index (χ3n) is 1.21. The van der Waals surface area contributed by atoms with Crippen LogP contribution in [0.15, 0.2) is 29.2 Å². The van der Waals surface area contributed by atoms with Crippen molar-refractivity contribution in [2.24, 2.45) is 5.73 Å². The van der Waals surface area contributed by atoms with E-state index in [1.807, 2.05) is 24.3 Å². The minimum atomic E-state index is 0. The van der Waals surface area contributed by atoms with E-state index in [4.69, 9.17) is 22.7 Å². The van der Waals surface area contributed by atoms with E-state index in [1.165, 1.54) is 11.8 Å². The highest BCUT2D eigenvalue weighted by Gasteiger charge is 1.94. The van der Waals surface area contributed by atoms with Gasteiger partial charge in [0.25, 0.3) is 0 Å². The van der Waals surface area contributed by atoms with Crippen molar-refractivity contribution in [3.8, 4) is 0 Å². The topological polar surface area (TPSA) is 49.9 Å². The third kappa shape index (κ3) is 5.03. The molecule has 0 fully saturated rings. The number of nitrogens with two attached hydrogens (primary N) is 1. The maximum absolute atomic E-state index is 7.02. The molecular weight excluding hydrogens is 227 g/mol. The predicted octanol–water partition coefficient (Wildman–Crippen LogP) is 2.79. The van der Waals surface area contributed by atoms with Gasteiger partial charge in [0.1, 0.15) is 5.84 Å². The first-order valence-corrected chi connectivity index (χ1v) is 4.76. The number of nitrogens with one attached hydrogen (secondary N) is 1. The number of hydrogen-bond donors (Lipinski definition) is 2. The van der Waals surface area contributed by atoms with E-state index in [0.29, 0.717) is 5.75 Å². The summed E-state index contributed by atoms with van der Waals surface area (Å²) in [5, 5.41) is 7.74. The summed E-state index contributed by atoms with van der Waals surface area (Å²) in [5.74, 6) is 0.719. The number of benzene rings is 1. The molecule has 0 saturated heterocycles. The Balaban J connectivity index is 0.00000144. The minimum Gasteiger partial charge on any atom is -0.387 e. The number of hydrogen-bond acceptors (Lipinski definition) is 2. The van der Waals surface area contributed by atoms with Gasteiger partial charge in [-0.3, -0.25) is 5.41 Å². The average molecular weight is 237 g/mol. The molecule has 0 aliphatic heterocycles. The zero-order chi connectivity index (χ0) is 8.97. The van der Waals surface area contributed by atoms with Crippen LogP contribution in [0.5, 0.6) is 0 Å². The first-order chi connectivity index (χ1) is 5.68. The first kappa shape index (κ1) is 12.6. The van der Waals surface area contributed by atoms with Crippen molar-refractivity contribution in [3.05, 3.63) is 29.3 Å². The van der Waals surface area contributed by atoms with Gasteiger partial charge in [0.15, 0.2) is 0 Å². The summed E-state index contributed by atoms with van der Waals surface area (Å²) in [5.41, 5.74) is 5.21. The van der Waals surface area contributed by atoms with Gasteiger partial charge in [-0.2, -0.15) is 0 Å². The van der Waals surface area contributed by atoms with Crippen LogP contribution < -0.4 is 5.73 Å². The lowest BCUT2D eigenvalue weighted by atomic mass is 10.4. The quantitative estimate of drug-likeness (QED) is 0.482. The van der Waals surface area contributed by atoms with Gasteiger partial charge in [-0.1, -0.05) is 11.6 Å². The molecule has 13 heavy (non-hydrogen) atoms. The normalized spacial score (nSPS) is 9.00. The molecule has 5 heteroatoms. The molecule has 0 atom stereocenters. The van der Waals surface area contributed by atoms with Crippen LogP contribution in [0.25, 0.3) is 0 Å². The SMILES string of the molecule is Cl.N=C(N)CSc1ccc(Cl)cc1. The van der Waals surface area contributed by atoms with Crippen LogP contribution >= 0.6 is 35.8 Å². The van der Waals surface area contributed by atoms with Crippen molar-refractivity contribution < 1.29 is 0 Å². The van der Waals surface area contributed by atoms with Gasteiger partial charge >= 0.3 is 0 Å². The Morgan fingerprint density at radius 3 is 2.38 bits per heavy atom. The van der Waals surface area contributed by atoms with E-state index in [2.05, 4.69) is 0 Å². The van der Waals surface area contributed by atoms with Crippen LogP contribution in [0.1, 0.15) is 0 Å². The van der Waals surface area contributed by atoms with Gasteiger partial charge in [-0.25, -0.2) is 0 Å². The van der Waals surface area contributed by atoms with Gasteiger partial charge in [-0.05, 0) is 24.3 Å². The van der Waals surface area contributed by atoms with Crippen LogP contribution in [0.4, 0.5) is 0 Å². The van der Waals surface area contributed by atoms with Crippen molar-refractivity contribution in [2.45, 2.75) is 4.90 Å². The molecule has 1 aromatic rings. The number of amidine groups is 1. The lowest BCUT2D eigenvalue weighted by molar-refractivity contribution is 1.41. The monoisotopic (exact) mass is 236 g/mol. The minimum absolute atomic E-state index is 0. The molecule has 0 saturated carbocycles.